The van der Waals surface area contributed by atoms with Crippen molar-refractivity contribution in [2.24, 2.45) is 10.7 Å². The first-order valence-corrected chi connectivity index (χ1v) is 8.45. The van der Waals surface area contributed by atoms with E-state index in [9.17, 15) is 14.9 Å². The Balaban J connectivity index is 2.10. The van der Waals surface area contributed by atoms with Crippen LogP contribution in [0.5, 0.6) is 11.5 Å². The van der Waals surface area contributed by atoms with Crippen molar-refractivity contribution in [3.63, 3.8) is 0 Å². The topological polar surface area (TPSA) is 129 Å². The van der Waals surface area contributed by atoms with Crippen LogP contribution in [0.3, 0.4) is 0 Å². The minimum absolute atomic E-state index is 0.0944. The quantitative estimate of drug-likeness (QED) is 0.314. The van der Waals surface area contributed by atoms with E-state index in [2.05, 4.69) is 10.3 Å². The number of ether oxygens (including phenoxy) is 2. The van der Waals surface area contributed by atoms with E-state index < -0.39 is 10.8 Å². The minimum atomic E-state index is -0.595. The van der Waals surface area contributed by atoms with Crippen molar-refractivity contribution < 1.29 is 19.2 Å². The van der Waals surface area contributed by atoms with Crippen LogP contribution in [-0.4, -0.2) is 31.0 Å². The van der Waals surface area contributed by atoms with Gasteiger partial charge in [0.2, 0.25) is 5.91 Å². The molecule has 0 bridgehead atoms. The second kappa shape index (κ2) is 9.56. The number of nitrogens with one attached hydrogen (secondary N) is 1. The van der Waals surface area contributed by atoms with E-state index in [0.29, 0.717) is 5.02 Å². The summed E-state index contributed by atoms with van der Waals surface area (Å²) in [6.45, 7) is 0.250. The third-order valence-corrected chi connectivity index (χ3v) is 4.00. The fourth-order valence-corrected chi connectivity index (χ4v) is 2.51. The Morgan fingerprint density at radius 1 is 1.21 bits per heavy atom. The minimum Gasteiger partial charge on any atom is -0.493 e. The largest absolute Gasteiger partial charge is 0.493 e. The van der Waals surface area contributed by atoms with Crippen molar-refractivity contribution in [1.29, 1.82) is 0 Å². The van der Waals surface area contributed by atoms with Crippen LogP contribution < -0.4 is 20.5 Å². The Labute approximate surface area is 166 Å². The zero-order chi connectivity index (χ0) is 20.7. The average Bonchev–Trinajstić information content (AvgIpc) is 2.66. The van der Waals surface area contributed by atoms with Crippen LogP contribution in [0.15, 0.2) is 41.4 Å². The van der Waals surface area contributed by atoms with Crippen LogP contribution >= 0.6 is 11.6 Å². The molecular formula is C18H19ClN4O5. The van der Waals surface area contributed by atoms with Crippen LogP contribution in [0.4, 0.5) is 5.69 Å². The molecule has 0 heterocycles. The molecule has 148 valence electrons. The second-order valence-corrected chi connectivity index (χ2v) is 6.08. The van der Waals surface area contributed by atoms with Gasteiger partial charge in [-0.1, -0.05) is 23.7 Å². The lowest BCUT2D eigenvalue weighted by molar-refractivity contribution is -0.385. The maximum Gasteiger partial charge on any atom is 0.277 e. The van der Waals surface area contributed by atoms with Gasteiger partial charge in [-0.2, -0.15) is 0 Å². The van der Waals surface area contributed by atoms with Crippen molar-refractivity contribution in [2.45, 2.75) is 13.0 Å². The maximum atomic E-state index is 12.2. The Hall–Kier alpha value is -3.33. The molecule has 0 aliphatic rings. The first kappa shape index (κ1) is 21.0. The Kier molecular flexibility index (Phi) is 7.16. The molecule has 28 heavy (non-hydrogen) atoms. The zero-order valence-corrected chi connectivity index (χ0v) is 16.0. The number of halogens is 1. The molecule has 0 fully saturated rings. The average molecular weight is 407 g/mol. The zero-order valence-electron chi connectivity index (χ0n) is 15.3. The molecule has 0 aliphatic heterocycles. The number of carbonyl (C=O) groups excluding carboxylic acids is 1. The molecule has 0 radical (unpaired) electrons. The van der Waals surface area contributed by atoms with Gasteiger partial charge in [-0.3, -0.25) is 20.2 Å². The van der Waals surface area contributed by atoms with Crippen molar-refractivity contribution in [1.82, 2.24) is 5.32 Å². The summed E-state index contributed by atoms with van der Waals surface area (Å²) in [5.74, 6) is -0.168. The van der Waals surface area contributed by atoms with Gasteiger partial charge in [-0.25, -0.2) is 4.99 Å². The molecule has 3 N–H and O–H groups in total. The molecule has 10 heteroatoms. The molecule has 2 aromatic carbocycles. The predicted molar refractivity (Wildman–Crippen MR) is 105 cm³/mol. The van der Waals surface area contributed by atoms with E-state index >= 15 is 0 Å². The lowest BCUT2D eigenvalue weighted by Gasteiger charge is -2.10. The van der Waals surface area contributed by atoms with Crippen molar-refractivity contribution in [2.75, 3.05) is 14.2 Å². The summed E-state index contributed by atoms with van der Waals surface area (Å²) in [4.78, 5) is 27.0. The normalized spacial score (nSPS) is 11.0. The van der Waals surface area contributed by atoms with Gasteiger partial charge in [-0.15, -0.1) is 0 Å². The molecule has 0 aromatic heterocycles. The van der Waals surface area contributed by atoms with Gasteiger partial charge in [0.15, 0.2) is 17.5 Å². The number of guanidine groups is 1. The SMILES string of the molecule is COc1cc(CC(=O)NC(N)=NCc2ccc(Cl)cc2)c([N+](=O)[O-])cc1OC. The van der Waals surface area contributed by atoms with Gasteiger partial charge in [-0.05, 0) is 23.8 Å². The smallest absolute Gasteiger partial charge is 0.277 e. The first-order chi connectivity index (χ1) is 13.3. The highest BCUT2D eigenvalue weighted by molar-refractivity contribution is 6.30. The predicted octanol–water partition coefficient (Wildman–Crippen LogP) is 2.44. The molecular weight excluding hydrogens is 388 g/mol. The van der Waals surface area contributed by atoms with Gasteiger partial charge in [0.25, 0.3) is 5.69 Å². The molecule has 0 aliphatic carbocycles. The summed E-state index contributed by atoms with van der Waals surface area (Å²) in [7, 11) is 2.76. The van der Waals surface area contributed by atoms with E-state index in [-0.39, 0.29) is 41.7 Å². The van der Waals surface area contributed by atoms with Crippen LogP contribution in [0.2, 0.25) is 5.02 Å². The Morgan fingerprint density at radius 2 is 1.82 bits per heavy atom. The van der Waals surface area contributed by atoms with E-state index in [0.717, 1.165) is 5.56 Å². The summed E-state index contributed by atoms with van der Waals surface area (Å²) in [5, 5.41) is 14.3. The van der Waals surface area contributed by atoms with Crippen LogP contribution in [-0.2, 0) is 17.8 Å². The summed E-state index contributed by atoms with van der Waals surface area (Å²) < 4.78 is 10.2. The number of aliphatic imine (C=N–C) groups is 1. The number of hydrogen-bond acceptors (Lipinski definition) is 6. The summed E-state index contributed by atoms with van der Waals surface area (Å²) >= 11 is 5.81. The third-order valence-electron chi connectivity index (χ3n) is 3.75. The number of carbonyl (C=O) groups is 1. The standard InChI is InChI=1S/C18H19ClN4O5/c1-27-15-7-12(14(23(25)26)9-16(15)28-2)8-17(24)22-18(20)21-10-11-3-5-13(19)6-4-11/h3-7,9H,8,10H2,1-2H3,(H3,20,21,22,24). The number of nitro benzene ring substituents is 1. The molecule has 2 rings (SSSR count). The summed E-state index contributed by atoms with van der Waals surface area (Å²) in [5.41, 5.74) is 6.48. The fourth-order valence-electron chi connectivity index (χ4n) is 2.39. The number of benzene rings is 2. The van der Waals surface area contributed by atoms with Crippen LogP contribution in [0, 0.1) is 10.1 Å². The van der Waals surface area contributed by atoms with E-state index in [4.69, 9.17) is 26.8 Å². The molecule has 0 saturated heterocycles. The molecule has 0 saturated carbocycles. The maximum absolute atomic E-state index is 12.2. The third kappa shape index (κ3) is 5.58. The van der Waals surface area contributed by atoms with E-state index in [1.54, 1.807) is 24.3 Å². The molecule has 0 unspecified atom stereocenters. The number of nitro groups is 1. The monoisotopic (exact) mass is 406 g/mol. The van der Waals surface area contributed by atoms with Crippen LogP contribution in [0.25, 0.3) is 0 Å². The lowest BCUT2D eigenvalue weighted by Crippen LogP contribution is -2.37. The van der Waals surface area contributed by atoms with Gasteiger partial charge in [0.1, 0.15) is 0 Å². The summed E-state index contributed by atoms with van der Waals surface area (Å²) in [6, 6.07) is 9.60. The van der Waals surface area contributed by atoms with Gasteiger partial charge in [0.05, 0.1) is 38.2 Å². The van der Waals surface area contributed by atoms with E-state index in [1.807, 2.05) is 0 Å². The molecule has 0 spiro atoms. The number of rotatable bonds is 7. The van der Waals surface area contributed by atoms with E-state index in [1.165, 1.54) is 26.4 Å². The van der Waals surface area contributed by atoms with Gasteiger partial charge < -0.3 is 15.2 Å². The number of hydrogen-bond donors (Lipinski definition) is 2. The van der Waals surface area contributed by atoms with Crippen molar-refractivity contribution >= 4 is 29.2 Å². The van der Waals surface area contributed by atoms with Crippen molar-refractivity contribution in [3.05, 3.63) is 62.7 Å². The van der Waals surface area contributed by atoms with Gasteiger partial charge in [0, 0.05) is 10.6 Å². The van der Waals surface area contributed by atoms with Crippen LogP contribution in [0.1, 0.15) is 11.1 Å². The molecule has 2 aromatic rings. The van der Waals surface area contributed by atoms with Crippen molar-refractivity contribution in [3.8, 4) is 11.5 Å². The summed E-state index contributed by atoms with van der Waals surface area (Å²) in [6.07, 6.45) is -0.284. The Morgan fingerprint density at radius 3 is 2.39 bits per heavy atom. The van der Waals surface area contributed by atoms with Gasteiger partial charge >= 0.3 is 0 Å². The number of methoxy groups -OCH3 is 2. The number of amides is 1. The first-order valence-electron chi connectivity index (χ1n) is 8.07. The molecule has 1 amide bonds. The number of nitrogens with two attached hydrogens (primary N) is 1. The highest BCUT2D eigenvalue weighted by atomic mass is 35.5. The number of nitrogens with zero attached hydrogens (tertiary/aromatic N) is 2. The fraction of sp³-hybridized carbons (Fsp3) is 0.222. The highest BCUT2D eigenvalue weighted by Gasteiger charge is 2.21. The molecule has 0 atom stereocenters. The highest BCUT2D eigenvalue weighted by Crippen LogP contribution is 2.34. The molecule has 9 nitrogen and oxygen atoms in total. The second-order valence-electron chi connectivity index (χ2n) is 5.65. The Bertz CT molecular complexity index is 900. The lowest BCUT2D eigenvalue weighted by atomic mass is 10.1.